The van der Waals surface area contributed by atoms with E-state index in [1.165, 1.54) is 27.9 Å². The molecule has 0 unspecified atom stereocenters. The lowest BCUT2D eigenvalue weighted by Crippen LogP contribution is -2.33. The molecular formula is C70H98N6O12. The van der Waals surface area contributed by atoms with Crippen LogP contribution in [0.3, 0.4) is 0 Å². The number of aryl methyl sites for hydroxylation is 3. The molecule has 0 aliphatic carbocycles. The number of carbonyl (C=O) groups excluding carboxylic acids is 2. The summed E-state index contributed by atoms with van der Waals surface area (Å²) in [4.78, 5) is 82.0. The third kappa shape index (κ3) is 20.2. The summed E-state index contributed by atoms with van der Waals surface area (Å²) in [5.41, 5.74) is 5.76. The number of amides is 2. The van der Waals surface area contributed by atoms with Crippen molar-refractivity contribution in [2.24, 2.45) is 11.8 Å². The Labute approximate surface area is 520 Å². The SMILES string of the molecule is C=C/C=C(/C)C(=C)OCCC.CCC.CCCOc1ccc(NC(=O)C[C@H]2C[C@H](n3cc(C)c(=O)[nH]c3=O)O[C@@H]2CC)cc1Cc1cccc(Cc2cc(NC(=O)C[C@H]3C[C@H](n4cc(C)c(=O)[nH]c4=O)O[C@@H]3CC)cc(CC)c2OCCC)c1OCCC. The lowest BCUT2D eigenvalue weighted by atomic mass is 9.94. The van der Waals surface area contributed by atoms with Crippen LogP contribution in [0, 0.1) is 25.7 Å². The number of hydrogen-bond donors (Lipinski definition) is 4. The second kappa shape index (κ2) is 35.9. The fourth-order valence-electron chi connectivity index (χ4n) is 10.8. The Hall–Kier alpha value is -7.70. The number of ether oxygens (including phenoxy) is 6. The van der Waals surface area contributed by atoms with Gasteiger partial charge in [0.25, 0.3) is 11.1 Å². The number of allylic oxidation sites excluding steroid dienone is 3. The number of H-pyrrole nitrogens is 2. The van der Waals surface area contributed by atoms with Crippen LogP contribution in [-0.4, -0.2) is 69.6 Å². The van der Waals surface area contributed by atoms with Crippen molar-refractivity contribution in [3.63, 3.8) is 0 Å². The van der Waals surface area contributed by atoms with Gasteiger partial charge in [0.05, 0.1) is 38.6 Å². The third-order valence-electron chi connectivity index (χ3n) is 15.2. The summed E-state index contributed by atoms with van der Waals surface area (Å²) in [6.45, 7) is 33.4. The summed E-state index contributed by atoms with van der Waals surface area (Å²) in [6, 6.07) is 15.8. The molecule has 7 rings (SSSR count). The van der Waals surface area contributed by atoms with Crippen molar-refractivity contribution in [1.82, 2.24) is 19.1 Å². The molecule has 88 heavy (non-hydrogen) atoms. The molecule has 0 bridgehead atoms. The first-order valence-electron chi connectivity index (χ1n) is 31.7. The molecule has 4 N–H and O–H groups in total. The minimum Gasteiger partial charge on any atom is -0.494 e. The molecule has 4 heterocycles. The first-order chi connectivity index (χ1) is 42.3. The molecule has 18 nitrogen and oxygen atoms in total. The van der Waals surface area contributed by atoms with Gasteiger partial charge in [-0.1, -0.05) is 112 Å². The minimum atomic E-state index is -0.600. The van der Waals surface area contributed by atoms with E-state index in [1.54, 1.807) is 19.9 Å². The van der Waals surface area contributed by atoms with Crippen LogP contribution in [0.15, 0.2) is 117 Å². The van der Waals surface area contributed by atoms with Gasteiger partial charge < -0.3 is 39.1 Å². The van der Waals surface area contributed by atoms with E-state index < -0.39 is 35.0 Å². The van der Waals surface area contributed by atoms with Crippen LogP contribution in [0.1, 0.15) is 191 Å². The normalized spacial score (nSPS) is 17.8. The number of nitrogens with one attached hydrogen (secondary N) is 4. The molecule has 18 heteroatoms. The Balaban J connectivity index is 0.000000900. The fourth-order valence-corrected chi connectivity index (χ4v) is 10.8. The van der Waals surface area contributed by atoms with Gasteiger partial charge in [0.1, 0.15) is 35.5 Å². The van der Waals surface area contributed by atoms with Crippen LogP contribution in [0.2, 0.25) is 0 Å². The number of para-hydroxylation sites is 1. The first kappa shape index (κ1) is 71.1. The predicted octanol–water partition coefficient (Wildman–Crippen LogP) is 13.3. The molecule has 0 saturated carbocycles. The summed E-state index contributed by atoms with van der Waals surface area (Å²) in [5.74, 6) is 2.30. The van der Waals surface area contributed by atoms with Crippen molar-refractivity contribution in [2.45, 2.75) is 198 Å². The first-order valence-corrected chi connectivity index (χ1v) is 31.7. The molecule has 2 amide bonds. The van der Waals surface area contributed by atoms with Crippen LogP contribution in [-0.2, 0) is 43.1 Å². The predicted molar refractivity (Wildman–Crippen MR) is 350 cm³/mol. The zero-order valence-electron chi connectivity index (χ0n) is 54.3. The van der Waals surface area contributed by atoms with Crippen molar-refractivity contribution in [3.05, 3.63) is 178 Å². The Bertz CT molecular complexity index is 3390. The molecule has 6 atom stereocenters. The molecule has 3 aromatic carbocycles. The standard InChI is InChI=1S/C57H74N6O11.C10H16O.C3H8/c1-9-20-70-47-19-18-43(58-48(64)28-40-30-50(73-45(40)13-5)62-32-34(7)54(66)60-56(62)68)26-39(47)23-37-16-15-17-38(53(37)72-22-11-3)24-42-27-44(25-36(12-4)52(42)71-21-10-2)59-49(65)29-41-31-51(74-46(41)14-6)63-33-35(8)55(67)61-57(63)69;1-5-7-9(3)10(4)11-8-6-2;1-3-2/h15-19,25-27,32-33,40-41,45-46,50-51H,9-14,20-24,28-31H2,1-8H3,(H,58,64)(H,59,65)(H,60,66,68)(H,61,67,69);5,7H,1,4,6,8H2,2-3H3;3H2,1-2H3/b;9-7-;/t40-,41-,45+,46+,50+,51+;;/m0../s1. The van der Waals surface area contributed by atoms with E-state index in [0.717, 1.165) is 82.9 Å². The zero-order chi connectivity index (χ0) is 64.5. The number of benzene rings is 3. The number of nitrogens with zero attached hydrogens (tertiary/aromatic N) is 2. The fraction of sp³-hybridized carbons (Fsp3) is 0.514. The smallest absolute Gasteiger partial charge is 0.330 e. The van der Waals surface area contributed by atoms with Gasteiger partial charge >= 0.3 is 11.4 Å². The lowest BCUT2D eigenvalue weighted by molar-refractivity contribution is -0.118. The molecule has 0 spiro atoms. The van der Waals surface area contributed by atoms with Gasteiger partial charge in [0.2, 0.25) is 11.8 Å². The number of aromatic nitrogens is 4. The highest BCUT2D eigenvalue weighted by atomic mass is 16.5. The summed E-state index contributed by atoms with van der Waals surface area (Å²) in [6.07, 6.45) is 13.7. The maximum atomic E-state index is 13.9. The van der Waals surface area contributed by atoms with Gasteiger partial charge in [-0.25, -0.2) is 9.59 Å². The topological polar surface area (TPSA) is 223 Å². The molecule has 2 aliphatic rings. The molecular weight excluding hydrogens is 1120 g/mol. The summed E-state index contributed by atoms with van der Waals surface area (Å²) >= 11 is 0. The van der Waals surface area contributed by atoms with Crippen molar-refractivity contribution in [3.8, 4) is 17.2 Å². The molecule has 2 aromatic heterocycles. The van der Waals surface area contributed by atoms with Crippen LogP contribution < -0.4 is 47.3 Å². The average molecular weight is 1220 g/mol. The summed E-state index contributed by atoms with van der Waals surface area (Å²) < 4.78 is 40.1. The van der Waals surface area contributed by atoms with E-state index in [2.05, 4.69) is 94.4 Å². The van der Waals surface area contributed by atoms with Crippen LogP contribution >= 0.6 is 0 Å². The third-order valence-corrected chi connectivity index (χ3v) is 15.2. The highest BCUT2D eigenvalue weighted by Crippen LogP contribution is 2.40. The monoisotopic (exact) mass is 1210 g/mol. The van der Waals surface area contributed by atoms with Gasteiger partial charge in [-0.15, -0.1) is 0 Å². The van der Waals surface area contributed by atoms with Crippen LogP contribution in [0.5, 0.6) is 17.2 Å². The highest BCUT2D eigenvalue weighted by Gasteiger charge is 2.38. The Morgan fingerprint density at radius 2 is 1.08 bits per heavy atom. The number of aromatic amines is 2. The van der Waals surface area contributed by atoms with Crippen molar-refractivity contribution < 1.29 is 38.0 Å². The number of anilines is 2. The molecule has 2 aliphatic heterocycles. The van der Waals surface area contributed by atoms with Gasteiger partial charge in [0, 0.05) is 71.7 Å². The average Bonchev–Trinajstić information content (AvgIpc) is 1.78. The van der Waals surface area contributed by atoms with E-state index in [-0.39, 0.29) is 48.7 Å². The maximum absolute atomic E-state index is 13.9. The Kier molecular flexibility index (Phi) is 29.0. The van der Waals surface area contributed by atoms with Gasteiger partial charge in [-0.2, -0.15) is 0 Å². The maximum Gasteiger partial charge on any atom is 0.330 e. The van der Waals surface area contributed by atoms with Crippen molar-refractivity contribution in [1.29, 1.82) is 0 Å². The van der Waals surface area contributed by atoms with E-state index in [0.29, 0.717) is 93.0 Å². The van der Waals surface area contributed by atoms with Crippen molar-refractivity contribution in [2.75, 3.05) is 37.1 Å². The Morgan fingerprint density at radius 3 is 1.56 bits per heavy atom. The zero-order valence-corrected chi connectivity index (χ0v) is 54.3. The Morgan fingerprint density at radius 1 is 0.625 bits per heavy atom. The molecule has 2 saturated heterocycles. The molecule has 2 fully saturated rings. The van der Waals surface area contributed by atoms with Crippen LogP contribution in [0.4, 0.5) is 11.4 Å². The second-order valence-electron chi connectivity index (χ2n) is 22.7. The molecule has 0 radical (unpaired) electrons. The van der Waals surface area contributed by atoms with Crippen LogP contribution in [0.25, 0.3) is 0 Å². The molecule has 5 aromatic rings. The lowest BCUT2D eigenvalue weighted by Gasteiger charge is -2.21. The molecule has 480 valence electrons. The van der Waals surface area contributed by atoms with E-state index >= 15 is 0 Å². The minimum absolute atomic E-state index is 0.154. The highest BCUT2D eigenvalue weighted by molar-refractivity contribution is 5.92. The van der Waals surface area contributed by atoms with Gasteiger partial charge in [0.15, 0.2) is 0 Å². The van der Waals surface area contributed by atoms with E-state index in [9.17, 15) is 28.8 Å². The second-order valence-corrected chi connectivity index (χ2v) is 22.7. The summed E-state index contributed by atoms with van der Waals surface area (Å²) in [7, 11) is 0. The van der Waals surface area contributed by atoms with Gasteiger partial charge in [-0.05, 0) is 143 Å². The van der Waals surface area contributed by atoms with E-state index in [4.69, 9.17) is 28.4 Å². The number of hydrogen-bond acceptors (Lipinski definition) is 12. The van der Waals surface area contributed by atoms with Crippen molar-refractivity contribution >= 4 is 23.2 Å². The van der Waals surface area contributed by atoms with Gasteiger partial charge in [-0.3, -0.25) is 38.3 Å². The number of rotatable bonds is 29. The number of carbonyl (C=O) groups is 2. The van der Waals surface area contributed by atoms with E-state index in [1.807, 2.05) is 63.2 Å². The quantitative estimate of drug-likeness (QED) is 0.0259. The summed E-state index contributed by atoms with van der Waals surface area (Å²) in [5, 5.41) is 6.30. The largest absolute Gasteiger partial charge is 0.494 e.